The third-order valence-electron chi connectivity index (χ3n) is 2.42. The van der Waals surface area contributed by atoms with Crippen LogP contribution in [-0.2, 0) is 4.74 Å². The van der Waals surface area contributed by atoms with Crippen molar-refractivity contribution >= 4 is 17.4 Å². The van der Waals surface area contributed by atoms with Crippen LogP contribution in [0, 0.1) is 11.3 Å². The molecule has 2 rings (SSSR count). The molecular formula is C12H17ClN4O2. The molecule has 1 aliphatic rings. The molecular weight excluding hydrogens is 268 g/mol. The molecule has 19 heavy (non-hydrogen) atoms. The number of anilines is 1. The zero-order valence-electron chi connectivity index (χ0n) is 11.3. The van der Waals surface area contributed by atoms with Crippen LogP contribution in [0.2, 0.25) is 5.15 Å². The normalized spacial score (nSPS) is 14.2. The highest BCUT2D eigenvalue weighted by Crippen LogP contribution is 2.32. The third-order valence-corrected chi connectivity index (χ3v) is 2.68. The van der Waals surface area contributed by atoms with Crippen molar-refractivity contribution in [1.29, 1.82) is 5.26 Å². The van der Waals surface area contributed by atoms with Crippen molar-refractivity contribution in [3.63, 3.8) is 0 Å². The summed E-state index contributed by atoms with van der Waals surface area (Å²) in [7, 11) is 1.50. The van der Waals surface area contributed by atoms with Gasteiger partial charge in [-0.05, 0) is 0 Å². The van der Waals surface area contributed by atoms with Crippen molar-refractivity contribution < 1.29 is 9.47 Å². The Kier molecular flexibility index (Phi) is 6.33. The molecule has 0 bridgehead atoms. The number of methoxy groups -OCH3 is 1. The molecule has 1 aromatic heterocycles. The van der Waals surface area contributed by atoms with Crippen molar-refractivity contribution in [2.75, 3.05) is 38.3 Å². The summed E-state index contributed by atoms with van der Waals surface area (Å²) >= 11 is 5.95. The summed E-state index contributed by atoms with van der Waals surface area (Å²) in [5.74, 6) is 0.984. The quantitative estimate of drug-likeness (QED) is 0.772. The fourth-order valence-electron chi connectivity index (χ4n) is 1.63. The Balaban J connectivity index is 0.000000861. The SMILES string of the molecule is CC.COc1c(Cl)nc(C#N)nc1N1CCOCC1. The van der Waals surface area contributed by atoms with E-state index in [1.165, 1.54) is 7.11 Å². The highest BCUT2D eigenvalue weighted by molar-refractivity contribution is 6.31. The van der Waals surface area contributed by atoms with Gasteiger partial charge in [-0.2, -0.15) is 10.2 Å². The summed E-state index contributed by atoms with van der Waals surface area (Å²) < 4.78 is 10.4. The third kappa shape index (κ3) is 3.69. The van der Waals surface area contributed by atoms with Gasteiger partial charge < -0.3 is 14.4 Å². The predicted molar refractivity (Wildman–Crippen MR) is 72.7 cm³/mol. The van der Waals surface area contributed by atoms with Gasteiger partial charge in [-0.1, -0.05) is 25.4 Å². The molecule has 104 valence electrons. The molecule has 1 aromatic rings. The van der Waals surface area contributed by atoms with Crippen LogP contribution >= 0.6 is 11.6 Å². The minimum atomic E-state index is 0.0392. The number of nitrogens with zero attached hydrogens (tertiary/aromatic N) is 4. The van der Waals surface area contributed by atoms with E-state index in [1.807, 2.05) is 24.8 Å². The van der Waals surface area contributed by atoms with Crippen LogP contribution in [0.4, 0.5) is 5.82 Å². The van der Waals surface area contributed by atoms with Gasteiger partial charge in [0.15, 0.2) is 16.7 Å². The molecule has 0 atom stereocenters. The van der Waals surface area contributed by atoms with E-state index in [4.69, 9.17) is 26.3 Å². The Bertz CT molecular complexity index is 456. The second kappa shape index (κ2) is 7.77. The fourth-order valence-corrected chi connectivity index (χ4v) is 1.87. The molecule has 7 heteroatoms. The molecule has 0 aromatic carbocycles. The molecule has 0 radical (unpaired) electrons. The number of hydrogen-bond donors (Lipinski definition) is 0. The van der Waals surface area contributed by atoms with E-state index >= 15 is 0 Å². The van der Waals surface area contributed by atoms with Crippen molar-refractivity contribution in [3.05, 3.63) is 11.0 Å². The van der Waals surface area contributed by atoms with E-state index in [2.05, 4.69) is 9.97 Å². The summed E-state index contributed by atoms with van der Waals surface area (Å²) in [5, 5.41) is 8.98. The molecule has 0 unspecified atom stereocenters. The number of halogens is 1. The van der Waals surface area contributed by atoms with E-state index in [0.717, 1.165) is 0 Å². The molecule has 0 aliphatic carbocycles. The second-order valence-electron chi connectivity index (χ2n) is 3.41. The van der Waals surface area contributed by atoms with E-state index in [1.54, 1.807) is 0 Å². The average molecular weight is 285 g/mol. The Morgan fingerprint density at radius 2 is 1.95 bits per heavy atom. The molecule has 1 aliphatic heterocycles. The molecule has 6 nitrogen and oxygen atoms in total. The van der Waals surface area contributed by atoms with Crippen LogP contribution in [0.15, 0.2) is 0 Å². The Morgan fingerprint density at radius 1 is 1.32 bits per heavy atom. The highest BCUT2D eigenvalue weighted by atomic mass is 35.5. The van der Waals surface area contributed by atoms with Gasteiger partial charge in [0.2, 0.25) is 5.82 Å². The number of nitriles is 1. The maximum atomic E-state index is 8.83. The van der Waals surface area contributed by atoms with Crippen LogP contribution in [0.5, 0.6) is 5.75 Å². The van der Waals surface area contributed by atoms with Crippen molar-refractivity contribution in [2.24, 2.45) is 0 Å². The van der Waals surface area contributed by atoms with Gasteiger partial charge in [0.25, 0.3) is 0 Å². The summed E-state index contributed by atoms with van der Waals surface area (Å²) in [6.07, 6.45) is 0. The highest BCUT2D eigenvalue weighted by Gasteiger charge is 2.21. The van der Waals surface area contributed by atoms with Crippen LogP contribution < -0.4 is 9.64 Å². The largest absolute Gasteiger partial charge is 0.490 e. The first kappa shape index (κ1) is 15.5. The summed E-state index contributed by atoms with van der Waals surface area (Å²) in [6, 6.07) is 1.88. The van der Waals surface area contributed by atoms with Gasteiger partial charge in [0.1, 0.15) is 6.07 Å². The number of hydrogen-bond acceptors (Lipinski definition) is 6. The molecule has 0 spiro atoms. The first-order valence-electron chi connectivity index (χ1n) is 6.10. The van der Waals surface area contributed by atoms with Gasteiger partial charge in [-0.25, -0.2) is 4.98 Å². The Hall–Kier alpha value is -1.58. The second-order valence-corrected chi connectivity index (χ2v) is 3.76. The lowest BCUT2D eigenvalue weighted by Crippen LogP contribution is -2.37. The predicted octanol–water partition coefficient (Wildman–Crippen LogP) is 1.87. The van der Waals surface area contributed by atoms with E-state index in [0.29, 0.717) is 37.9 Å². The minimum absolute atomic E-state index is 0.0392. The Labute approximate surface area is 117 Å². The van der Waals surface area contributed by atoms with Gasteiger partial charge in [-0.15, -0.1) is 0 Å². The minimum Gasteiger partial charge on any atom is -0.490 e. The number of rotatable bonds is 2. The maximum absolute atomic E-state index is 8.83. The summed E-state index contributed by atoms with van der Waals surface area (Å²) in [5.41, 5.74) is 0. The topological polar surface area (TPSA) is 71.3 Å². The molecule has 0 amide bonds. The van der Waals surface area contributed by atoms with Crippen LogP contribution in [0.3, 0.4) is 0 Å². The fraction of sp³-hybridized carbons (Fsp3) is 0.583. The monoisotopic (exact) mass is 284 g/mol. The molecule has 0 saturated carbocycles. The number of morpholine rings is 1. The molecule has 1 fully saturated rings. The van der Waals surface area contributed by atoms with Crippen molar-refractivity contribution in [1.82, 2.24) is 9.97 Å². The summed E-state index contributed by atoms with van der Waals surface area (Å²) in [6.45, 7) is 6.61. The van der Waals surface area contributed by atoms with E-state index in [9.17, 15) is 0 Å². The van der Waals surface area contributed by atoms with Gasteiger partial charge in [0, 0.05) is 13.1 Å². The van der Waals surface area contributed by atoms with Gasteiger partial charge in [0.05, 0.1) is 20.3 Å². The summed E-state index contributed by atoms with van der Waals surface area (Å²) in [4.78, 5) is 9.93. The smallest absolute Gasteiger partial charge is 0.235 e. The van der Waals surface area contributed by atoms with Crippen molar-refractivity contribution in [3.8, 4) is 11.8 Å². The van der Waals surface area contributed by atoms with Gasteiger partial charge >= 0.3 is 0 Å². The van der Waals surface area contributed by atoms with Crippen LogP contribution in [0.1, 0.15) is 19.7 Å². The molecule has 0 N–H and O–H groups in total. The lowest BCUT2D eigenvalue weighted by atomic mass is 10.4. The maximum Gasteiger partial charge on any atom is 0.235 e. The lowest BCUT2D eigenvalue weighted by Gasteiger charge is -2.28. The van der Waals surface area contributed by atoms with E-state index < -0.39 is 0 Å². The van der Waals surface area contributed by atoms with Crippen LogP contribution in [0.25, 0.3) is 0 Å². The standard InChI is InChI=1S/C10H11ClN4O2.C2H6/c1-16-8-9(11)13-7(6-12)14-10(8)15-2-4-17-5-3-15;1-2/h2-5H2,1H3;1-2H3. The van der Waals surface area contributed by atoms with E-state index in [-0.39, 0.29) is 11.0 Å². The Morgan fingerprint density at radius 3 is 2.47 bits per heavy atom. The van der Waals surface area contributed by atoms with Crippen LogP contribution in [-0.4, -0.2) is 43.4 Å². The zero-order valence-corrected chi connectivity index (χ0v) is 12.1. The number of ether oxygens (including phenoxy) is 2. The average Bonchev–Trinajstić information content (AvgIpc) is 2.49. The first-order chi connectivity index (χ1) is 9.26. The molecule has 1 saturated heterocycles. The lowest BCUT2D eigenvalue weighted by molar-refractivity contribution is 0.122. The first-order valence-corrected chi connectivity index (χ1v) is 6.48. The molecule has 2 heterocycles. The zero-order chi connectivity index (χ0) is 14.3. The van der Waals surface area contributed by atoms with Crippen molar-refractivity contribution in [2.45, 2.75) is 13.8 Å². The number of aromatic nitrogens is 2. The van der Waals surface area contributed by atoms with Gasteiger partial charge in [-0.3, -0.25) is 0 Å².